The Morgan fingerprint density at radius 2 is 2.25 bits per heavy atom. The third-order valence-corrected chi connectivity index (χ3v) is 2.48. The van der Waals surface area contributed by atoms with Crippen LogP contribution >= 0.6 is 0 Å². The van der Waals surface area contributed by atoms with Crippen LogP contribution in [0.3, 0.4) is 0 Å². The topological polar surface area (TPSA) is 41.5 Å². The molecule has 3 nitrogen and oxygen atoms in total. The molecule has 1 rings (SSSR count). The Bertz CT molecular complexity index is 134. The van der Waals surface area contributed by atoms with Gasteiger partial charge in [-0.1, -0.05) is 0 Å². The van der Waals surface area contributed by atoms with Gasteiger partial charge in [-0.15, -0.1) is 0 Å². The van der Waals surface area contributed by atoms with Gasteiger partial charge in [0.15, 0.2) is 0 Å². The van der Waals surface area contributed by atoms with E-state index >= 15 is 0 Å². The second kappa shape index (κ2) is 4.21. The van der Waals surface area contributed by atoms with Crippen LogP contribution in [0.2, 0.25) is 0 Å². The molecule has 0 saturated heterocycles. The molecule has 1 saturated carbocycles. The number of hydrogen-bond acceptors (Lipinski definition) is 3. The maximum atomic E-state index is 9.72. The van der Waals surface area contributed by atoms with Crippen molar-refractivity contribution in [1.29, 1.82) is 0 Å². The number of ether oxygens (including phenoxy) is 1. The zero-order chi connectivity index (χ0) is 9.03. The largest absolute Gasteiger partial charge is 0.389 e. The van der Waals surface area contributed by atoms with Crippen molar-refractivity contribution < 1.29 is 9.84 Å². The summed E-state index contributed by atoms with van der Waals surface area (Å²) >= 11 is 0. The number of rotatable bonds is 5. The first-order valence-electron chi connectivity index (χ1n) is 4.61. The summed E-state index contributed by atoms with van der Waals surface area (Å²) in [4.78, 5) is 0. The van der Waals surface area contributed by atoms with Crippen LogP contribution in [0.5, 0.6) is 0 Å². The van der Waals surface area contributed by atoms with Crippen LogP contribution in [0.25, 0.3) is 0 Å². The van der Waals surface area contributed by atoms with Crippen LogP contribution in [0.4, 0.5) is 0 Å². The van der Waals surface area contributed by atoms with Crippen LogP contribution in [0, 0.1) is 0 Å². The van der Waals surface area contributed by atoms with Crippen molar-refractivity contribution in [2.75, 3.05) is 20.3 Å². The zero-order valence-corrected chi connectivity index (χ0v) is 7.97. The molecule has 1 unspecified atom stereocenters. The summed E-state index contributed by atoms with van der Waals surface area (Å²) in [5.41, 5.74) is -0.415. The Morgan fingerprint density at radius 1 is 1.58 bits per heavy atom. The summed E-state index contributed by atoms with van der Waals surface area (Å²) in [7, 11) is 1.69. The summed E-state index contributed by atoms with van der Waals surface area (Å²) in [6, 6.07) is 0.333. The molecule has 0 aromatic heterocycles. The van der Waals surface area contributed by atoms with E-state index < -0.39 is 5.60 Å². The molecule has 1 fully saturated rings. The maximum absolute atomic E-state index is 9.72. The molecule has 1 atom stereocenters. The van der Waals surface area contributed by atoms with Gasteiger partial charge in [0, 0.05) is 19.7 Å². The van der Waals surface area contributed by atoms with Gasteiger partial charge in [-0.25, -0.2) is 0 Å². The molecule has 0 heterocycles. The van der Waals surface area contributed by atoms with Gasteiger partial charge in [-0.2, -0.15) is 0 Å². The van der Waals surface area contributed by atoms with Gasteiger partial charge in [0.1, 0.15) is 0 Å². The Labute approximate surface area is 74.1 Å². The summed E-state index contributed by atoms with van der Waals surface area (Å²) in [6.07, 6.45) is 3.05. The molecular formula is C9H19NO2. The van der Waals surface area contributed by atoms with Crippen molar-refractivity contribution in [3.8, 4) is 0 Å². The fraction of sp³-hybridized carbons (Fsp3) is 1.00. The van der Waals surface area contributed by atoms with Crippen molar-refractivity contribution in [2.45, 2.75) is 37.8 Å². The van der Waals surface area contributed by atoms with E-state index in [2.05, 4.69) is 12.2 Å². The first-order valence-corrected chi connectivity index (χ1v) is 4.61. The van der Waals surface area contributed by atoms with E-state index in [0.29, 0.717) is 19.2 Å². The standard InChI is InChI=1S/C9H19NO2/c1-8(6-12-2)10-7-9(11)4-3-5-9/h8,10-11H,3-7H2,1-2H3. The molecule has 0 spiro atoms. The average molecular weight is 173 g/mol. The molecule has 1 aliphatic carbocycles. The van der Waals surface area contributed by atoms with E-state index in [0.717, 1.165) is 19.3 Å². The highest BCUT2D eigenvalue weighted by atomic mass is 16.5. The molecule has 0 radical (unpaired) electrons. The Morgan fingerprint density at radius 3 is 2.67 bits per heavy atom. The minimum Gasteiger partial charge on any atom is -0.389 e. The average Bonchev–Trinajstić information content (AvgIpc) is 1.98. The van der Waals surface area contributed by atoms with Crippen LogP contribution in [-0.4, -0.2) is 37.0 Å². The lowest BCUT2D eigenvalue weighted by molar-refractivity contribution is -0.0343. The highest BCUT2D eigenvalue weighted by molar-refractivity contribution is 4.89. The quantitative estimate of drug-likeness (QED) is 0.637. The molecule has 0 aliphatic heterocycles. The van der Waals surface area contributed by atoms with Crippen molar-refractivity contribution in [1.82, 2.24) is 5.32 Å². The fourth-order valence-corrected chi connectivity index (χ4v) is 1.43. The van der Waals surface area contributed by atoms with Gasteiger partial charge in [0.2, 0.25) is 0 Å². The van der Waals surface area contributed by atoms with Gasteiger partial charge in [0.05, 0.1) is 12.2 Å². The molecule has 3 heteroatoms. The van der Waals surface area contributed by atoms with E-state index in [1.807, 2.05) is 0 Å². The fourth-order valence-electron chi connectivity index (χ4n) is 1.43. The SMILES string of the molecule is COCC(C)NCC1(O)CCC1. The number of hydrogen-bond donors (Lipinski definition) is 2. The Balaban J connectivity index is 2.07. The lowest BCUT2D eigenvalue weighted by Gasteiger charge is -2.37. The minimum absolute atomic E-state index is 0.333. The molecule has 0 aromatic carbocycles. The third-order valence-electron chi connectivity index (χ3n) is 2.48. The van der Waals surface area contributed by atoms with Crippen LogP contribution < -0.4 is 5.32 Å². The molecule has 2 N–H and O–H groups in total. The predicted octanol–water partition coefficient (Wildman–Crippen LogP) is 0.526. The summed E-state index contributed by atoms with van der Waals surface area (Å²) in [5.74, 6) is 0. The van der Waals surface area contributed by atoms with Crippen LogP contribution in [-0.2, 0) is 4.74 Å². The number of aliphatic hydroxyl groups is 1. The van der Waals surface area contributed by atoms with E-state index in [-0.39, 0.29) is 0 Å². The van der Waals surface area contributed by atoms with Crippen molar-refractivity contribution in [2.24, 2.45) is 0 Å². The lowest BCUT2D eigenvalue weighted by atomic mass is 9.80. The van der Waals surface area contributed by atoms with Crippen molar-refractivity contribution in [3.05, 3.63) is 0 Å². The second-order valence-electron chi connectivity index (χ2n) is 3.82. The summed E-state index contributed by atoms with van der Waals surface area (Å²) in [5, 5.41) is 13.0. The molecule has 0 aromatic rings. The smallest absolute Gasteiger partial charge is 0.0771 e. The molecule has 12 heavy (non-hydrogen) atoms. The highest BCUT2D eigenvalue weighted by Gasteiger charge is 2.33. The number of nitrogens with one attached hydrogen (secondary N) is 1. The first-order chi connectivity index (χ1) is 5.66. The van der Waals surface area contributed by atoms with Crippen molar-refractivity contribution >= 4 is 0 Å². The maximum Gasteiger partial charge on any atom is 0.0771 e. The molecule has 72 valence electrons. The van der Waals surface area contributed by atoms with E-state index in [1.54, 1.807) is 7.11 Å². The molecule has 1 aliphatic rings. The second-order valence-corrected chi connectivity index (χ2v) is 3.82. The Kier molecular flexibility index (Phi) is 3.50. The van der Waals surface area contributed by atoms with E-state index in [1.165, 1.54) is 0 Å². The number of methoxy groups -OCH3 is 1. The Hall–Kier alpha value is -0.120. The molecule has 0 amide bonds. The monoisotopic (exact) mass is 173 g/mol. The summed E-state index contributed by atoms with van der Waals surface area (Å²) < 4.78 is 4.98. The highest BCUT2D eigenvalue weighted by Crippen LogP contribution is 2.30. The normalized spacial score (nSPS) is 23.2. The van der Waals surface area contributed by atoms with Gasteiger partial charge < -0.3 is 15.2 Å². The van der Waals surface area contributed by atoms with Gasteiger partial charge >= 0.3 is 0 Å². The van der Waals surface area contributed by atoms with E-state index in [4.69, 9.17) is 4.74 Å². The zero-order valence-electron chi connectivity index (χ0n) is 7.97. The summed E-state index contributed by atoms with van der Waals surface area (Å²) in [6.45, 7) is 3.47. The van der Waals surface area contributed by atoms with Gasteiger partial charge in [-0.05, 0) is 26.2 Å². The lowest BCUT2D eigenvalue weighted by Crippen LogP contribution is -2.49. The van der Waals surface area contributed by atoms with Crippen LogP contribution in [0.15, 0.2) is 0 Å². The van der Waals surface area contributed by atoms with Crippen LogP contribution in [0.1, 0.15) is 26.2 Å². The third kappa shape index (κ3) is 2.73. The minimum atomic E-state index is -0.415. The molecule has 0 bridgehead atoms. The van der Waals surface area contributed by atoms with E-state index in [9.17, 15) is 5.11 Å². The first kappa shape index (κ1) is 9.96. The predicted molar refractivity (Wildman–Crippen MR) is 48.1 cm³/mol. The molecular weight excluding hydrogens is 154 g/mol. The van der Waals surface area contributed by atoms with Gasteiger partial charge in [-0.3, -0.25) is 0 Å². The van der Waals surface area contributed by atoms with Crippen molar-refractivity contribution in [3.63, 3.8) is 0 Å². The van der Waals surface area contributed by atoms with Gasteiger partial charge in [0.25, 0.3) is 0 Å².